The third kappa shape index (κ3) is 2.33. The molecule has 3 aromatic rings. The average molecular weight is 269 g/mol. The van der Waals surface area contributed by atoms with Crippen LogP contribution in [0, 0.1) is 0 Å². The molecule has 1 aromatic heterocycles. The van der Waals surface area contributed by atoms with Crippen molar-refractivity contribution in [2.75, 3.05) is 0 Å². The van der Waals surface area contributed by atoms with E-state index >= 15 is 0 Å². The third-order valence-electron chi connectivity index (χ3n) is 2.94. The molecular weight excluding hydrogens is 258 g/mol. The van der Waals surface area contributed by atoms with Gasteiger partial charge in [-0.3, -0.25) is 0 Å². The van der Waals surface area contributed by atoms with Gasteiger partial charge in [-0.05, 0) is 18.2 Å². The summed E-state index contributed by atoms with van der Waals surface area (Å²) >= 11 is 0. The lowest BCUT2D eigenvalue weighted by Crippen LogP contribution is -2.05. The van der Waals surface area contributed by atoms with E-state index in [1.807, 2.05) is 0 Å². The Kier molecular flexibility index (Phi) is 3.09. The summed E-state index contributed by atoms with van der Waals surface area (Å²) in [4.78, 5) is 15.1. The second-order valence-electron chi connectivity index (χ2n) is 4.23. The SMILES string of the molecule is O=C(O)c1ccccc1COc1ccc2ncoc2c1. The number of hydrogen-bond donors (Lipinski definition) is 1. The van der Waals surface area contributed by atoms with E-state index in [1.165, 1.54) is 6.39 Å². The maximum Gasteiger partial charge on any atom is 0.336 e. The summed E-state index contributed by atoms with van der Waals surface area (Å²) in [5, 5.41) is 9.10. The molecule has 0 saturated heterocycles. The summed E-state index contributed by atoms with van der Waals surface area (Å²) in [7, 11) is 0. The molecule has 0 bridgehead atoms. The molecule has 0 unspecified atom stereocenters. The molecule has 1 N–H and O–H groups in total. The highest BCUT2D eigenvalue weighted by atomic mass is 16.5. The second kappa shape index (κ2) is 5.05. The molecule has 0 atom stereocenters. The highest BCUT2D eigenvalue weighted by Gasteiger charge is 2.09. The largest absolute Gasteiger partial charge is 0.489 e. The summed E-state index contributed by atoms with van der Waals surface area (Å²) < 4.78 is 10.8. The molecule has 0 aliphatic heterocycles. The maximum absolute atomic E-state index is 11.1. The zero-order valence-electron chi connectivity index (χ0n) is 10.4. The number of benzene rings is 2. The Bertz CT molecular complexity index is 763. The Morgan fingerprint density at radius 3 is 2.95 bits per heavy atom. The molecule has 3 rings (SSSR count). The zero-order valence-corrected chi connectivity index (χ0v) is 10.4. The lowest BCUT2D eigenvalue weighted by molar-refractivity contribution is 0.0694. The number of aromatic carboxylic acids is 1. The number of carboxylic acids is 1. The molecule has 2 aromatic carbocycles. The van der Waals surface area contributed by atoms with Crippen LogP contribution in [-0.2, 0) is 6.61 Å². The Hall–Kier alpha value is -2.82. The Balaban J connectivity index is 1.80. The van der Waals surface area contributed by atoms with Gasteiger partial charge in [-0.15, -0.1) is 0 Å². The van der Waals surface area contributed by atoms with E-state index in [0.717, 1.165) is 5.52 Å². The Morgan fingerprint density at radius 1 is 1.25 bits per heavy atom. The van der Waals surface area contributed by atoms with Gasteiger partial charge >= 0.3 is 5.97 Å². The molecule has 0 saturated carbocycles. The van der Waals surface area contributed by atoms with Crippen LogP contribution in [0.2, 0.25) is 0 Å². The first kappa shape index (κ1) is 12.2. The number of hydrogen-bond acceptors (Lipinski definition) is 4. The number of ether oxygens (including phenoxy) is 1. The van der Waals surface area contributed by atoms with Crippen molar-refractivity contribution in [1.29, 1.82) is 0 Å². The molecule has 1 heterocycles. The van der Waals surface area contributed by atoms with E-state index < -0.39 is 5.97 Å². The molecule has 0 amide bonds. The first-order valence-corrected chi connectivity index (χ1v) is 6.01. The highest BCUT2D eigenvalue weighted by molar-refractivity contribution is 5.89. The van der Waals surface area contributed by atoms with E-state index in [4.69, 9.17) is 14.3 Å². The number of carboxylic acid groups (broad SMARTS) is 1. The summed E-state index contributed by atoms with van der Waals surface area (Å²) in [5.41, 5.74) is 2.25. The topological polar surface area (TPSA) is 72.6 Å². The van der Waals surface area contributed by atoms with Crippen LogP contribution in [0.1, 0.15) is 15.9 Å². The van der Waals surface area contributed by atoms with Gasteiger partial charge in [0.25, 0.3) is 0 Å². The third-order valence-corrected chi connectivity index (χ3v) is 2.94. The molecule has 0 aliphatic rings. The monoisotopic (exact) mass is 269 g/mol. The molecule has 0 radical (unpaired) electrons. The van der Waals surface area contributed by atoms with Crippen LogP contribution in [0.25, 0.3) is 11.1 Å². The predicted octanol–water partition coefficient (Wildman–Crippen LogP) is 3.11. The van der Waals surface area contributed by atoms with Gasteiger partial charge < -0.3 is 14.3 Å². The van der Waals surface area contributed by atoms with Crippen molar-refractivity contribution < 1.29 is 19.1 Å². The minimum atomic E-state index is -0.963. The van der Waals surface area contributed by atoms with Crippen molar-refractivity contribution in [3.8, 4) is 5.75 Å². The molecule has 0 aliphatic carbocycles. The second-order valence-corrected chi connectivity index (χ2v) is 4.23. The van der Waals surface area contributed by atoms with Gasteiger partial charge in [0.15, 0.2) is 12.0 Å². The van der Waals surface area contributed by atoms with Crippen LogP contribution in [0.5, 0.6) is 5.75 Å². The summed E-state index contributed by atoms with van der Waals surface area (Å²) in [6.45, 7) is 0.183. The average Bonchev–Trinajstić information content (AvgIpc) is 2.92. The molecular formula is C15H11NO4. The van der Waals surface area contributed by atoms with E-state index in [9.17, 15) is 4.79 Å². The zero-order chi connectivity index (χ0) is 13.9. The van der Waals surface area contributed by atoms with Crippen molar-refractivity contribution in [2.24, 2.45) is 0 Å². The molecule has 0 fully saturated rings. The van der Waals surface area contributed by atoms with Crippen molar-refractivity contribution in [3.63, 3.8) is 0 Å². The molecule has 100 valence electrons. The summed E-state index contributed by atoms with van der Waals surface area (Å²) in [6.07, 6.45) is 1.37. The van der Waals surface area contributed by atoms with Crippen molar-refractivity contribution in [2.45, 2.75) is 6.61 Å². The number of rotatable bonds is 4. The first-order valence-electron chi connectivity index (χ1n) is 6.01. The van der Waals surface area contributed by atoms with Gasteiger partial charge in [-0.25, -0.2) is 9.78 Å². The maximum atomic E-state index is 11.1. The van der Waals surface area contributed by atoms with Crippen molar-refractivity contribution in [1.82, 2.24) is 4.98 Å². The molecule has 0 spiro atoms. The van der Waals surface area contributed by atoms with E-state index in [-0.39, 0.29) is 12.2 Å². The lowest BCUT2D eigenvalue weighted by Gasteiger charge is -2.08. The van der Waals surface area contributed by atoms with Crippen molar-refractivity contribution >= 4 is 17.1 Å². The minimum absolute atomic E-state index is 0.183. The van der Waals surface area contributed by atoms with Gasteiger partial charge in [-0.1, -0.05) is 18.2 Å². The lowest BCUT2D eigenvalue weighted by atomic mass is 10.1. The van der Waals surface area contributed by atoms with Crippen molar-refractivity contribution in [3.05, 3.63) is 60.0 Å². The quantitative estimate of drug-likeness (QED) is 0.787. The van der Waals surface area contributed by atoms with Crippen LogP contribution >= 0.6 is 0 Å². The minimum Gasteiger partial charge on any atom is -0.489 e. The normalized spacial score (nSPS) is 10.6. The van der Waals surface area contributed by atoms with Crippen LogP contribution < -0.4 is 4.74 Å². The number of nitrogens with zero attached hydrogens (tertiary/aromatic N) is 1. The summed E-state index contributed by atoms with van der Waals surface area (Å²) in [5.74, 6) is -0.357. The number of carbonyl (C=O) groups is 1. The Labute approximate surface area is 114 Å². The van der Waals surface area contributed by atoms with Gasteiger partial charge in [0, 0.05) is 11.6 Å². The highest BCUT2D eigenvalue weighted by Crippen LogP contribution is 2.21. The summed E-state index contributed by atoms with van der Waals surface area (Å²) in [6, 6.07) is 12.0. The van der Waals surface area contributed by atoms with E-state index in [0.29, 0.717) is 16.9 Å². The fraction of sp³-hybridized carbons (Fsp3) is 0.0667. The van der Waals surface area contributed by atoms with Crippen LogP contribution in [-0.4, -0.2) is 16.1 Å². The number of fused-ring (bicyclic) bond motifs is 1. The molecule has 5 heteroatoms. The molecule has 20 heavy (non-hydrogen) atoms. The number of oxazole rings is 1. The first-order chi connectivity index (χ1) is 9.74. The fourth-order valence-corrected chi connectivity index (χ4v) is 1.94. The van der Waals surface area contributed by atoms with Gasteiger partial charge in [0.1, 0.15) is 17.9 Å². The fourth-order valence-electron chi connectivity index (χ4n) is 1.94. The van der Waals surface area contributed by atoms with Gasteiger partial charge in [0.05, 0.1) is 5.56 Å². The molecule has 5 nitrogen and oxygen atoms in total. The number of aromatic nitrogens is 1. The van der Waals surface area contributed by atoms with Crippen LogP contribution in [0.15, 0.2) is 53.3 Å². The standard InChI is InChI=1S/C15H11NO4/c17-15(18)12-4-2-1-3-10(12)8-19-11-5-6-13-14(7-11)20-9-16-13/h1-7,9H,8H2,(H,17,18). The predicted molar refractivity (Wildman–Crippen MR) is 71.7 cm³/mol. The van der Waals surface area contributed by atoms with E-state index in [2.05, 4.69) is 4.98 Å². The Morgan fingerprint density at radius 2 is 2.10 bits per heavy atom. The smallest absolute Gasteiger partial charge is 0.336 e. The van der Waals surface area contributed by atoms with Crippen LogP contribution in [0.4, 0.5) is 0 Å². The van der Waals surface area contributed by atoms with Gasteiger partial charge in [0.2, 0.25) is 0 Å². The van der Waals surface area contributed by atoms with Gasteiger partial charge in [-0.2, -0.15) is 0 Å². The van der Waals surface area contributed by atoms with Crippen LogP contribution in [0.3, 0.4) is 0 Å². The van der Waals surface area contributed by atoms with E-state index in [1.54, 1.807) is 42.5 Å².